The summed E-state index contributed by atoms with van der Waals surface area (Å²) < 4.78 is 5.09. The highest BCUT2D eigenvalue weighted by Crippen LogP contribution is 2.10. The van der Waals surface area contributed by atoms with Gasteiger partial charge in [0.15, 0.2) is 0 Å². The Hall–Kier alpha value is -2.64. The van der Waals surface area contributed by atoms with Gasteiger partial charge in [-0.25, -0.2) is 0 Å². The van der Waals surface area contributed by atoms with Crippen molar-refractivity contribution in [2.75, 3.05) is 7.11 Å². The average Bonchev–Trinajstić information content (AvgIpc) is 2.46. The molecule has 18 heavy (non-hydrogen) atoms. The van der Waals surface area contributed by atoms with Gasteiger partial charge < -0.3 is 4.74 Å². The van der Waals surface area contributed by atoms with E-state index in [2.05, 4.69) is 17.8 Å². The molecule has 0 aliphatic carbocycles. The van der Waals surface area contributed by atoms with E-state index in [9.17, 15) is 0 Å². The molecule has 0 aliphatic rings. The predicted octanol–water partition coefficient (Wildman–Crippen LogP) is 3.08. The number of methoxy groups -OCH3 is 1. The van der Waals surface area contributed by atoms with Crippen LogP contribution in [0.3, 0.4) is 0 Å². The molecule has 0 aliphatic heterocycles. The van der Waals surface area contributed by atoms with E-state index in [-0.39, 0.29) is 0 Å². The fourth-order valence-electron chi connectivity index (χ4n) is 1.47. The summed E-state index contributed by atoms with van der Waals surface area (Å²) in [7, 11) is 1.65. The van der Waals surface area contributed by atoms with Crippen molar-refractivity contribution < 1.29 is 4.74 Å². The number of hydrogen-bond donors (Lipinski definition) is 0. The Morgan fingerprint density at radius 1 is 0.778 bits per heavy atom. The third-order valence-corrected chi connectivity index (χ3v) is 2.49. The Kier molecular flexibility index (Phi) is 3.69. The van der Waals surface area contributed by atoms with Gasteiger partial charge in [-0.05, 0) is 48.5 Å². The largest absolute Gasteiger partial charge is 0.497 e. The molecule has 1 heteroatoms. The molecule has 0 N–H and O–H groups in total. The molecule has 1 nitrogen and oxygen atoms in total. The number of ether oxygens (including phenoxy) is 1. The molecule has 0 amide bonds. The molecule has 0 saturated carbocycles. The highest BCUT2D eigenvalue weighted by molar-refractivity contribution is 5.46. The average molecular weight is 232 g/mol. The molecular formula is C17H12O. The highest BCUT2D eigenvalue weighted by Gasteiger charge is 1.91. The molecule has 2 aromatic carbocycles. The highest BCUT2D eigenvalue weighted by atomic mass is 16.5. The zero-order valence-electron chi connectivity index (χ0n) is 10.1. The minimum Gasteiger partial charge on any atom is -0.497 e. The summed E-state index contributed by atoms with van der Waals surface area (Å²) in [5, 5.41) is 0. The summed E-state index contributed by atoms with van der Waals surface area (Å²) in [6.07, 6.45) is 5.29. The SMILES string of the molecule is C#Cc1ccc(C#Cc2ccc(OC)cc2)cc1. The van der Waals surface area contributed by atoms with E-state index in [1.54, 1.807) is 7.11 Å². The lowest BCUT2D eigenvalue weighted by molar-refractivity contribution is 0.415. The van der Waals surface area contributed by atoms with Crippen molar-refractivity contribution in [3.05, 3.63) is 65.2 Å². The van der Waals surface area contributed by atoms with Crippen molar-refractivity contribution in [2.24, 2.45) is 0 Å². The molecule has 0 bridgehead atoms. The van der Waals surface area contributed by atoms with Crippen molar-refractivity contribution in [1.29, 1.82) is 0 Å². The molecule has 0 fully saturated rings. The quantitative estimate of drug-likeness (QED) is 0.687. The zero-order chi connectivity index (χ0) is 12.8. The van der Waals surface area contributed by atoms with Crippen LogP contribution in [0.5, 0.6) is 5.75 Å². The molecular weight excluding hydrogens is 220 g/mol. The van der Waals surface area contributed by atoms with Gasteiger partial charge in [-0.15, -0.1) is 6.42 Å². The van der Waals surface area contributed by atoms with Crippen LogP contribution >= 0.6 is 0 Å². The first-order valence-electron chi connectivity index (χ1n) is 5.54. The van der Waals surface area contributed by atoms with Crippen LogP contribution < -0.4 is 4.74 Å². The molecule has 86 valence electrons. The lowest BCUT2D eigenvalue weighted by Gasteiger charge is -1.97. The Morgan fingerprint density at radius 2 is 1.22 bits per heavy atom. The normalized spacial score (nSPS) is 8.89. The standard InChI is InChI=1S/C17H12O/c1-3-14-4-6-15(7-5-14)8-9-16-10-12-17(18-2)13-11-16/h1,4-7,10-13H,2H3. The van der Waals surface area contributed by atoms with Gasteiger partial charge in [0, 0.05) is 16.7 Å². The zero-order valence-corrected chi connectivity index (χ0v) is 10.1. The first kappa shape index (κ1) is 11.8. The summed E-state index contributed by atoms with van der Waals surface area (Å²) >= 11 is 0. The van der Waals surface area contributed by atoms with Gasteiger partial charge in [-0.1, -0.05) is 17.8 Å². The second-order valence-corrected chi connectivity index (χ2v) is 3.70. The summed E-state index contributed by atoms with van der Waals surface area (Å²) in [6, 6.07) is 15.3. The van der Waals surface area contributed by atoms with E-state index in [4.69, 9.17) is 11.2 Å². The molecule has 2 aromatic rings. The van der Waals surface area contributed by atoms with Crippen LogP contribution in [-0.4, -0.2) is 7.11 Å². The van der Waals surface area contributed by atoms with E-state index in [0.29, 0.717) is 0 Å². The van der Waals surface area contributed by atoms with E-state index in [1.807, 2.05) is 48.5 Å². The molecule has 0 spiro atoms. The minimum atomic E-state index is 0.832. The van der Waals surface area contributed by atoms with Crippen LogP contribution in [0.15, 0.2) is 48.5 Å². The van der Waals surface area contributed by atoms with Gasteiger partial charge in [0.25, 0.3) is 0 Å². The molecule has 0 radical (unpaired) electrons. The van der Waals surface area contributed by atoms with Crippen LogP contribution in [-0.2, 0) is 0 Å². The number of benzene rings is 2. The maximum Gasteiger partial charge on any atom is 0.118 e. The predicted molar refractivity (Wildman–Crippen MR) is 73.4 cm³/mol. The Labute approximate surface area is 107 Å². The monoisotopic (exact) mass is 232 g/mol. The molecule has 2 rings (SSSR count). The van der Waals surface area contributed by atoms with Gasteiger partial charge in [0.1, 0.15) is 5.75 Å². The fourth-order valence-corrected chi connectivity index (χ4v) is 1.47. The summed E-state index contributed by atoms with van der Waals surface area (Å²) in [5.74, 6) is 9.59. The molecule has 0 aromatic heterocycles. The van der Waals surface area contributed by atoms with Crippen LogP contribution in [0.25, 0.3) is 0 Å². The Morgan fingerprint density at radius 3 is 1.67 bits per heavy atom. The third-order valence-electron chi connectivity index (χ3n) is 2.49. The van der Waals surface area contributed by atoms with Crippen LogP contribution in [0.1, 0.15) is 16.7 Å². The van der Waals surface area contributed by atoms with E-state index in [1.165, 1.54) is 0 Å². The first-order valence-corrected chi connectivity index (χ1v) is 5.54. The van der Waals surface area contributed by atoms with Crippen molar-refractivity contribution >= 4 is 0 Å². The minimum absolute atomic E-state index is 0.832. The first-order chi connectivity index (χ1) is 8.81. The topological polar surface area (TPSA) is 9.23 Å². The second kappa shape index (κ2) is 5.62. The number of hydrogen-bond acceptors (Lipinski definition) is 1. The van der Waals surface area contributed by atoms with Gasteiger partial charge >= 0.3 is 0 Å². The van der Waals surface area contributed by atoms with Crippen molar-refractivity contribution in [3.8, 4) is 29.9 Å². The van der Waals surface area contributed by atoms with Crippen molar-refractivity contribution in [2.45, 2.75) is 0 Å². The van der Waals surface area contributed by atoms with Crippen LogP contribution in [0, 0.1) is 24.2 Å². The molecule has 0 saturated heterocycles. The lowest BCUT2D eigenvalue weighted by Crippen LogP contribution is -1.82. The summed E-state index contributed by atoms with van der Waals surface area (Å²) in [6.45, 7) is 0. The maximum atomic E-state index is 5.29. The van der Waals surface area contributed by atoms with Crippen molar-refractivity contribution in [1.82, 2.24) is 0 Å². The lowest BCUT2D eigenvalue weighted by atomic mass is 10.1. The van der Waals surface area contributed by atoms with E-state index >= 15 is 0 Å². The van der Waals surface area contributed by atoms with Crippen LogP contribution in [0.2, 0.25) is 0 Å². The van der Waals surface area contributed by atoms with E-state index in [0.717, 1.165) is 22.4 Å². The molecule has 0 unspecified atom stereocenters. The maximum absolute atomic E-state index is 5.29. The third kappa shape index (κ3) is 2.94. The van der Waals surface area contributed by atoms with Crippen LogP contribution in [0.4, 0.5) is 0 Å². The smallest absolute Gasteiger partial charge is 0.118 e. The van der Waals surface area contributed by atoms with Gasteiger partial charge in [0.2, 0.25) is 0 Å². The summed E-state index contributed by atoms with van der Waals surface area (Å²) in [4.78, 5) is 0. The van der Waals surface area contributed by atoms with E-state index < -0.39 is 0 Å². The van der Waals surface area contributed by atoms with Gasteiger partial charge in [0.05, 0.1) is 7.11 Å². The second-order valence-electron chi connectivity index (χ2n) is 3.70. The Bertz CT molecular complexity index is 617. The van der Waals surface area contributed by atoms with Gasteiger partial charge in [-0.3, -0.25) is 0 Å². The number of terminal acetylenes is 1. The summed E-state index contributed by atoms with van der Waals surface area (Å²) in [5.41, 5.74) is 2.77. The molecule has 0 atom stereocenters. The van der Waals surface area contributed by atoms with Crippen molar-refractivity contribution in [3.63, 3.8) is 0 Å². The van der Waals surface area contributed by atoms with Gasteiger partial charge in [-0.2, -0.15) is 0 Å². The number of rotatable bonds is 1. The Balaban J connectivity index is 2.17. The fraction of sp³-hybridized carbons (Fsp3) is 0.0588. The molecule has 0 heterocycles.